The van der Waals surface area contributed by atoms with Crippen molar-refractivity contribution in [2.24, 2.45) is 17.6 Å². The van der Waals surface area contributed by atoms with E-state index in [9.17, 15) is 4.79 Å². The second-order valence-corrected chi connectivity index (χ2v) is 7.86. The molecule has 0 heterocycles. The topological polar surface area (TPSA) is 55.1 Å². The van der Waals surface area contributed by atoms with Crippen molar-refractivity contribution in [2.45, 2.75) is 57.0 Å². The van der Waals surface area contributed by atoms with Crippen molar-refractivity contribution in [2.75, 3.05) is 0 Å². The molecule has 3 nitrogen and oxygen atoms in total. The summed E-state index contributed by atoms with van der Waals surface area (Å²) in [4.78, 5) is 12.4. The molecule has 2 atom stereocenters. The third kappa shape index (κ3) is 4.20. The summed E-state index contributed by atoms with van der Waals surface area (Å²) in [5.74, 6) is 1.23. The molecule has 1 amide bonds. The van der Waals surface area contributed by atoms with E-state index >= 15 is 0 Å². The van der Waals surface area contributed by atoms with Crippen LogP contribution >= 0.6 is 23.2 Å². The van der Waals surface area contributed by atoms with E-state index in [1.807, 2.05) is 12.1 Å². The molecule has 2 unspecified atom stereocenters. The zero-order valence-electron chi connectivity index (χ0n) is 13.2. The first-order valence-corrected chi connectivity index (χ1v) is 9.27. The molecule has 2 saturated carbocycles. The first-order valence-electron chi connectivity index (χ1n) is 8.52. The molecule has 0 saturated heterocycles. The Labute approximate surface area is 147 Å². The highest BCUT2D eigenvalue weighted by molar-refractivity contribution is 6.35. The lowest BCUT2D eigenvalue weighted by Crippen LogP contribution is -2.53. The van der Waals surface area contributed by atoms with Gasteiger partial charge in [0.2, 0.25) is 5.91 Å². The molecule has 0 aromatic heterocycles. The van der Waals surface area contributed by atoms with E-state index in [0.29, 0.717) is 46.8 Å². The largest absolute Gasteiger partial charge is 0.353 e. The maximum absolute atomic E-state index is 12.4. The molecule has 0 aliphatic heterocycles. The zero-order valence-corrected chi connectivity index (χ0v) is 14.7. The molecule has 2 aliphatic rings. The summed E-state index contributed by atoms with van der Waals surface area (Å²) in [6, 6.07) is 6.06. The van der Waals surface area contributed by atoms with Crippen molar-refractivity contribution in [3.05, 3.63) is 33.8 Å². The van der Waals surface area contributed by atoms with Crippen LogP contribution in [0.2, 0.25) is 10.0 Å². The molecule has 0 radical (unpaired) electrons. The van der Waals surface area contributed by atoms with Gasteiger partial charge in [-0.1, -0.05) is 35.7 Å². The summed E-state index contributed by atoms with van der Waals surface area (Å²) in [5, 5.41) is 4.53. The van der Waals surface area contributed by atoms with Crippen molar-refractivity contribution < 1.29 is 4.79 Å². The van der Waals surface area contributed by atoms with E-state index in [2.05, 4.69) is 5.32 Å². The van der Waals surface area contributed by atoms with Gasteiger partial charge >= 0.3 is 0 Å². The van der Waals surface area contributed by atoms with Crippen LogP contribution in [0.15, 0.2) is 18.2 Å². The molecule has 5 heteroatoms. The highest BCUT2D eigenvalue weighted by atomic mass is 35.5. The molecule has 3 N–H and O–H groups in total. The predicted molar refractivity (Wildman–Crippen MR) is 94.8 cm³/mol. The second kappa shape index (κ2) is 7.42. The van der Waals surface area contributed by atoms with E-state index in [-0.39, 0.29) is 5.91 Å². The first-order chi connectivity index (χ1) is 11.0. The summed E-state index contributed by atoms with van der Waals surface area (Å²) in [6.07, 6.45) is 6.85. The highest BCUT2D eigenvalue weighted by Crippen LogP contribution is 2.39. The van der Waals surface area contributed by atoms with E-state index in [1.165, 1.54) is 19.3 Å². The maximum atomic E-state index is 12.4. The number of rotatable bonds is 4. The smallest absolute Gasteiger partial charge is 0.220 e. The zero-order chi connectivity index (χ0) is 16.4. The lowest BCUT2D eigenvalue weighted by Gasteiger charge is -2.45. The summed E-state index contributed by atoms with van der Waals surface area (Å²) in [5.41, 5.74) is 7.11. The fourth-order valence-electron chi connectivity index (χ4n) is 4.26. The molecule has 2 bridgehead atoms. The molecule has 2 fully saturated rings. The fraction of sp³-hybridized carbons (Fsp3) is 0.611. The van der Waals surface area contributed by atoms with E-state index in [1.54, 1.807) is 6.07 Å². The number of aryl methyl sites for hydroxylation is 1. The van der Waals surface area contributed by atoms with Crippen molar-refractivity contribution in [3.8, 4) is 0 Å². The van der Waals surface area contributed by atoms with Gasteiger partial charge in [-0.25, -0.2) is 0 Å². The number of hydrogen-bond acceptors (Lipinski definition) is 2. The predicted octanol–water partition coefficient (Wildman–Crippen LogP) is 3.95. The SMILES string of the molecule is NC1CC2CCCC(C1)C2NC(=O)CCc1ccc(Cl)cc1Cl. The molecular formula is C18H24Cl2N2O. The minimum absolute atomic E-state index is 0.119. The van der Waals surface area contributed by atoms with Crippen LogP contribution in [-0.2, 0) is 11.2 Å². The number of carbonyl (C=O) groups excluding carboxylic acids is 1. The first kappa shape index (κ1) is 17.1. The van der Waals surface area contributed by atoms with Crippen molar-refractivity contribution in [1.29, 1.82) is 0 Å². The van der Waals surface area contributed by atoms with Crippen LogP contribution in [-0.4, -0.2) is 18.0 Å². The Morgan fingerprint density at radius 2 is 1.91 bits per heavy atom. The Balaban J connectivity index is 1.55. The minimum Gasteiger partial charge on any atom is -0.353 e. The van der Waals surface area contributed by atoms with Gasteiger partial charge in [0, 0.05) is 28.5 Å². The Hall–Kier alpha value is -0.770. The third-order valence-electron chi connectivity index (χ3n) is 5.34. The van der Waals surface area contributed by atoms with Gasteiger partial charge in [-0.15, -0.1) is 0 Å². The van der Waals surface area contributed by atoms with Crippen molar-refractivity contribution in [3.63, 3.8) is 0 Å². The van der Waals surface area contributed by atoms with Crippen LogP contribution in [0.3, 0.4) is 0 Å². The lowest BCUT2D eigenvalue weighted by atomic mass is 9.67. The molecular weight excluding hydrogens is 331 g/mol. The van der Waals surface area contributed by atoms with Gasteiger partial charge in [0.15, 0.2) is 0 Å². The van der Waals surface area contributed by atoms with Gasteiger partial charge in [-0.3, -0.25) is 4.79 Å². The van der Waals surface area contributed by atoms with E-state index < -0.39 is 0 Å². The third-order valence-corrected chi connectivity index (χ3v) is 5.93. The number of nitrogens with two attached hydrogens (primary N) is 1. The normalized spacial score (nSPS) is 30.0. The van der Waals surface area contributed by atoms with Crippen molar-refractivity contribution >= 4 is 29.1 Å². The number of nitrogens with one attached hydrogen (secondary N) is 1. The molecule has 126 valence electrons. The highest BCUT2D eigenvalue weighted by Gasteiger charge is 2.39. The number of hydrogen-bond donors (Lipinski definition) is 2. The monoisotopic (exact) mass is 354 g/mol. The molecule has 0 spiro atoms. The Morgan fingerprint density at radius 1 is 1.22 bits per heavy atom. The van der Waals surface area contributed by atoms with E-state index in [4.69, 9.17) is 28.9 Å². The van der Waals surface area contributed by atoms with Crippen molar-refractivity contribution in [1.82, 2.24) is 5.32 Å². The average Bonchev–Trinajstić information content (AvgIpc) is 2.47. The van der Waals surface area contributed by atoms with Crippen LogP contribution < -0.4 is 11.1 Å². The quantitative estimate of drug-likeness (QED) is 0.859. The average molecular weight is 355 g/mol. The molecule has 2 aliphatic carbocycles. The van der Waals surface area contributed by atoms with Gasteiger partial charge in [0.1, 0.15) is 0 Å². The van der Waals surface area contributed by atoms with Gasteiger partial charge in [0.05, 0.1) is 0 Å². The van der Waals surface area contributed by atoms with Crippen LogP contribution in [0.5, 0.6) is 0 Å². The summed E-state index contributed by atoms with van der Waals surface area (Å²) < 4.78 is 0. The van der Waals surface area contributed by atoms with Gasteiger partial charge in [0.25, 0.3) is 0 Å². The van der Waals surface area contributed by atoms with Gasteiger partial charge < -0.3 is 11.1 Å². The van der Waals surface area contributed by atoms with Crippen LogP contribution in [0, 0.1) is 11.8 Å². The number of carbonyl (C=O) groups is 1. The van der Waals surface area contributed by atoms with Gasteiger partial charge in [-0.05, 0) is 61.6 Å². The second-order valence-electron chi connectivity index (χ2n) is 7.01. The van der Waals surface area contributed by atoms with E-state index in [0.717, 1.165) is 18.4 Å². The summed E-state index contributed by atoms with van der Waals surface area (Å²) >= 11 is 12.1. The summed E-state index contributed by atoms with van der Waals surface area (Å²) in [6.45, 7) is 0. The minimum atomic E-state index is 0.119. The maximum Gasteiger partial charge on any atom is 0.220 e. The number of amides is 1. The Morgan fingerprint density at radius 3 is 2.57 bits per heavy atom. The van der Waals surface area contributed by atoms with Gasteiger partial charge in [-0.2, -0.15) is 0 Å². The number of halogens is 2. The number of benzene rings is 1. The Kier molecular flexibility index (Phi) is 5.50. The number of fused-ring (bicyclic) bond motifs is 2. The molecule has 23 heavy (non-hydrogen) atoms. The summed E-state index contributed by atoms with van der Waals surface area (Å²) in [7, 11) is 0. The van der Waals surface area contributed by atoms with Crippen LogP contribution in [0.4, 0.5) is 0 Å². The van der Waals surface area contributed by atoms with Crippen LogP contribution in [0.25, 0.3) is 0 Å². The lowest BCUT2D eigenvalue weighted by molar-refractivity contribution is -0.123. The fourth-order valence-corrected chi connectivity index (χ4v) is 4.76. The molecule has 1 aromatic carbocycles. The standard InChI is InChI=1S/C18H24Cl2N2O/c19-14-6-4-11(16(20)10-14)5-7-17(23)22-18-12-2-1-3-13(18)9-15(21)8-12/h4,6,10,12-13,15,18H,1-3,5,7-9,21H2,(H,22,23). The Bertz CT molecular complexity index is 564. The molecule has 1 aromatic rings. The van der Waals surface area contributed by atoms with Crippen LogP contribution in [0.1, 0.15) is 44.1 Å². The molecule has 3 rings (SSSR count).